The third kappa shape index (κ3) is 2.39. The predicted octanol–water partition coefficient (Wildman–Crippen LogP) is 2.16. The van der Waals surface area contributed by atoms with E-state index in [0.717, 1.165) is 12.1 Å². The maximum Gasteiger partial charge on any atom is 0.0562 e. The number of aryl methyl sites for hydroxylation is 1. The fourth-order valence-electron chi connectivity index (χ4n) is 0.819. The first-order valence-corrected chi connectivity index (χ1v) is 4.15. The van der Waals surface area contributed by atoms with Gasteiger partial charge in [0.15, 0.2) is 0 Å². The van der Waals surface area contributed by atoms with Crippen LogP contribution in [0.4, 0.5) is 0 Å². The highest BCUT2D eigenvalue weighted by Crippen LogP contribution is 2.00. The van der Waals surface area contributed by atoms with E-state index in [4.69, 9.17) is 11.6 Å². The lowest BCUT2D eigenvalue weighted by molar-refractivity contribution is 0.660. The van der Waals surface area contributed by atoms with Crippen molar-refractivity contribution in [1.29, 1.82) is 0 Å². The number of rotatable bonds is 3. The molecule has 3 heteroatoms. The Morgan fingerprint density at radius 1 is 1.73 bits per heavy atom. The summed E-state index contributed by atoms with van der Waals surface area (Å²) >= 11 is 5.48. The largest absolute Gasteiger partial charge is 0.272 e. The molecule has 0 fully saturated rings. The standard InChI is InChI=1S/C8H11ClN2/c1-2-11-7-8(6-10-11)4-3-5-9/h3-4,6-7H,2,5H2,1H3. The van der Waals surface area contributed by atoms with E-state index in [-0.39, 0.29) is 0 Å². The van der Waals surface area contributed by atoms with Gasteiger partial charge in [-0.3, -0.25) is 4.68 Å². The minimum absolute atomic E-state index is 0.553. The minimum Gasteiger partial charge on any atom is -0.272 e. The highest BCUT2D eigenvalue weighted by molar-refractivity contribution is 6.19. The number of hydrogen-bond acceptors (Lipinski definition) is 1. The summed E-state index contributed by atoms with van der Waals surface area (Å²) in [5.41, 5.74) is 1.10. The lowest BCUT2D eigenvalue weighted by atomic mass is 10.3. The van der Waals surface area contributed by atoms with Crippen LogP contribution in [0.25, 0.3) is 6.08 Å². The van der Waals surface area contributed by atoms with E-state index < -0.39 is 0 Å². The Morgan fingerprint density at radius 3 is 3.09 bits per heavy atom. The highest BCUT2D eigenvalue weighted by Gasteiger charge is 1.90. The molecule has 1 heterocycles. The Kier molecular flexibility index (Phi) is 3.17. The van der Waals surface area contributed by atoms with Crippen molar-refractivity contribution in [2.24, 2.45) is 0 Å². The smallest absolute Gasteiger partial charge is 0.0562 e. The van der Waals surface area contributed by atoms with Gasteiger partial charge in [0, 0.05) is 24.2 Å². The molecule has 1 aromatic rings. The summed E-state index contributed by atoms with van der Waals surface area (Å²) < 4.78 is 1.88. The van der Waals surface area contributed by atoms with Gasteiger partial charge in [-0.2, -0.15) is 5.10 Å². The van der Waals surface area contributed by atoms with E-state index in [9.17, 15) is 0 Å². The average Bonchev–Trinajstić information content (AvgIpc) is 2.48. The molecule has 0 N–H and O–H groups in total. The van der Waals surface area contributed by atoms with E-state index in [1.54, 1.807) is 0 Å². The molecule has 1 aromatic heterocycles. The van der Waals surface area contributed by atoms with Gasteiger partial charge in [0.25, 0.3) is 0 Å². The fourth-order valence-corrected chi connectivity index (χ4v) is 0.908. The van der Waals surface area contributed by atoms with Crippen molar-refractivity contribution in [3.8, 4) is 0 Å². The molecule has 0 aliphatic rings. The molecule has 0 atom stereocenters. The molecule has 0 saturated carbocycles. The monoisotopic (exact) mass is 170 g/mol. The van der Waals surface area contributed by atoms with E-state index in [1.807, 2.05) is 29.2 Å². The van der Waals surface area contributed by atoms with Crippen molar-refractivity contribution in [1.82, 2.24) is 9.78 Å². The van der Waals surface area contributed by atoms with E-state index >= 15 is 0 Å². The first-order valence-electron chi connectivity index (χ1n) is 3.61. The van der Waals surface area contributed by atoms with Crippen LogP contribution in [0.1, 0.15) is 12.5 Å². The molecule has 0 radical (unpaired) electrons. The third-order valence-electron chi connectivity index (χ3n) is 1.38. The van der Waals surface area contributed by atoms with E-state index in [2.05, 4.69) is 12.0 Å². The summed E-state index contributed by atoms with van der Waals surface area (Å²) in [6, 6.07) is 0. The lowest BCUT2D eigenvalue weighted by Gasteiger charge is -1.88. The van der Waals surface area contributed by atoms with Gasteiger partial charge in [0.1, 0.15) is 0 Å². The summed E-state index contributed by atoms with van der Waals surface area (Å²) in [5.74, 6) is 0.553. The molecular formula is C8H11ClN2. The number of hydrogen-bond donors (Lipinski definition) is 0. The number of nitrogens with zero attached hydrogens (tertiary/aromatic N) is 2. The lowest BCUT2D eigenvalue weighted by Crippen LogP contribution is -1.91. The normalized spacial score (nSPS) is 11.1. The van der Waals surface area contributed by atoms with E-state index in [0.29, 0.717) is 5.88 Å². The highest BCUT2D eigenvalue weighted by atomic mass is 35.5. The van der Waals surface area contributed by atoms with Crippen LogP contribution in [-0.4, -0.2) is 15.7 Å². The SMILES string of the molecule is CCn1cc(C=CCCl)cn1. The van der Waals surface area contributed by atoms with Gasteiger partial charge in [-0.25, -0.2) is 0 Å². The molecule has 0 aromatic carbocycles. The minimum atomic E-state index is 0.553. The maximum absolute atomic E-state index is 5.48. The number of halogens is 1. The zero-order valence-corrected chi connectivity index (χ0v) is 7.25. The molecule has 0 bridgehead atoms. The Balaban J connectivity index is 2.65. The zero-order valence-electron chi connectivity index (χ0n) is 6.50. The van der Waals surface area contributed by atoms with Crippen molar-refractivity contribution in [2.45, 2.75) is 13.5 Å². The van der Waals surface area contributed by atoms with Crippen molar-refractivity contribution in [3.63, 3.8) is 0 Å². The molecule has 11 heavy (non-hydrogen) atoms. The number of allylic oxidation sites excluding steroid dienone is 1. The van der Waals surface area contributed by atoms with Crippen molar-refractivity contribution in [2.75, 3.05) is 5.88 Å². The Bertz CT molecular complexity index is 240. The van der Waals surface area contributed by atoms with Crippen molar-refractivity contribution < 1.29 is 0 Å². The van der Waals surface area contributed by atoms with Crippen LogP contribution in [0.5, 0.6) is 0 Å². The molecule has 0 unspecified atom stereocenters. The molecule has 2 nitrogen and oxygen atoms in total. The van der Waals surface area contributed by atoms with Crippen LogP contribution >= 0.6 is 11.6 Å². The first kappa shape index (κ1) is 8.34. The third-order valence-corrected chi connectivity index (χ3v) is 1.55. The van der Waals surface area contributed by atoms with Crippen LogP contribution < -0.4 is 0 Å². The summed E-state index contributed by atoms with van der Waals surface area (Å²) in [6.45, 7) is 2.97. The first-order chi connectivity index (χ1) is 5.36. The zero-order chi connectivity index (χ0) is 8.10. The molecule has 0 saturated heterocycles. The molecule has 0 aliphatic carbocycles. The Morgan fingerprint density at radius 2 is 2.55 bits per heavy atom. The van der Waals surface area contributed by atoms with Gasteiger partial charge in [-0.05, 0) is 6.92 Å². The van der Waals surface area contributed by atoms with Gasteiger partial charge >= 0.3 is 0 Å². The predicted molar refractivity (Wildman–Crippen MR) is 47.7 cm³/mol. The summed E-state index contributed by atoms with van der Waals surface area (Å²) in [5, 5.41) is 4.11. The van der Waals surface area contributed by atoms with Crippen LogP contribution in [0.2, 0.25) is 0 Å². The van der Waals surface area contributed by atoms with Gasteiger partial charge in [0.05, 0.1) is 6.20 Å². The molecule has 1 rings (SSSR count). The topological polar surface area (TPSA) is 17.8 Å². The van der Waals surface area contributed by atoms with Crippen molar-refractivity contribution in [3.05, 3.63) is 24.0 Å². The molecule has 0 spiro atoms. The second kappa shape index (κ2) is 4.19. The number of alkyl halides is 1. The summed E-state index contributed by atoms with van der Waals surface area (Å²) in [7, 11) is 0. The van der Waals surface area contributed by atoms with Gasteiger partial charge < -0.3 is 0 Å². The second-order valence-corrected chi connectivity index (χ2v) is 2.49. The molecule has 60 valence electrons. The Labute approximate surface area is 71.5 Å². The van der Waals surface area contributed by atoms with E-state index in [1.165, 1.54) is 0 Å². The summed E-state index contributed by atoms with van der Waals surface area (Å²) in [6.07, 6.45) is 7.68. The maximum atomic E-state index is 5.48. The van der Waals surface area contributed by atoms with Gasteiger partial charge in [0.2, 0.25) is 0 Å². The summed E-state index contributed by atoms with van der Waals surface area (Å²) in [4.78, 5) is 0. The molecule has 0 aliphatic heterocycles. The molecule has 0 amide bonds. The second-order valence-electron chi connectivity index (χ2n) is 2.19. The average molecular weight is 171 g/mol. The van der Waals surface area contributed by atoms with Crippen molar-refractivity contribution >= 4 is 17.7 Å². The quantitative estimate of drug-likeness (QED) is 0.636. The number of aromatic nitrogens is 2. The van der Waals surface area contributed by atoms with Crippen LogP contribution in [0.3, 0.4) is 0 Å². The fraction of sp³-hybridized carbons (Fsp3) is 0.375. The van der Waals surface area contributed by atoms with Crippen LogP contribution in [-0.2, 0) is 6.54 Å². The Hall–Kier alpha value is -0.760. The van der Waals surface area contributed by atoms with Gasteiger partial charge in [-0.15, -0.1) is 11.6 Å². The van der Waals surface area contributed by atoms with Crippen LogP contribution in [0, 0.1) is 0 Å². The van der Waals surface area contributed by atoms with Gasteiger partial charge in [-0.1, -0.05) is 12.2 Å². The molecular weight excluding hydrogens is 160 g/mol. The van der Waals surface area contributed by atoms with Crippen LogP contribution in [0.15, 0.2) is 18.5 Å².